The fourth-order valence-corrected chi connectivity index (χ4v) is 2.86. The van der Waals surface area contributed by atoms with Crippen LogP contribution in [0.15, 0.2) is 0 Å². The first kappa shape index (κ1) is 12.8. The van der Waals surface area contributed by atoms with Crippen LogP contribution in [0.2, 0.25) is 0 Å². The molecule has 1 saturated carbocycles. The number of nitrogens with one attached hydrogen (secondary N) is 1. The average Bonchev–Trinajstić information content (AvgIpc) is 2.82. The Morgan fingerprint density at radius 2 is 1.82 bits per heavy atom. The van der Waals surface area contributed by atoms with E-state index in [1.54, 1.807) is 0 Å². The second kappa shape index (κ2) is 5.83. The topological polar surface area (TPSA) is 58.4 Å². The van der Waals surface area contributed by atoms with Gasteiger partial charge in [0.05, 0.1) is 6.04 Å². The highest BCUT2D eigenvalue weighted by atomic mass is 16.2. The van der Waals surface area contributed by atoms with Crippen LogP contribution in [0.1, 0.15) is 45.4 Å². The highest BCUT2D eigenvalue weighted by Gasteiger charge is 2.27. The molecule has 3 N–H and O–H groups in total. The molecule has 4 heteroatoms. The molecule has 0 aromatic rings. The van der Waals surface area contributed by atoms with Gasteiger partial charge in [-0.25, -0.2) is 0 Å². The molecule has 1 amide bonds. The van der Waals surface area contributed by atoms with Gasteiger partial charge in [0.25, 0.3) is 0 Å². The van der Waals surface area contributed by atoms with E-state index < -0.39 is 0 Å². The molecule has 1 saturated heterocycles. The number of piperidine rings is 1. The van der Waals surface area contributed by atoms with Crippen LogP contribution in [0.5, 0.6) is 0 Å². The predicted octanol–water partition coefficient (Wildman–Crippen LogP) is 0.857. The molecule has 0 bridgehead atoms. The maximum Gasteiger partial charge on any atom is 0.237 e. The third-order valence-electron chi connectivity index (χ3n) is 4.20. The van der Waals surface area contributed by atoms with Crippen LogP contribution < -0.4 is 11.1 Å². The number of likely N-dealkylation sites (tertiary alicyclic amines) is 1. The van der Waals surface area contributed by atoms with E-state index in [1.807, 2.05) is 6.92 Å². The molecule has 17 heavy (non-hydrogen) atoms. The lowest BCUT2D eigenvalue weighted by Gasteiger charge is -2.34. The summed E-state index contributed by atoms with van der Waals surface area (Å²) in [4.78, 5) is 14.4. The Bertz CT molecular complexity index is 255. The smallest absolute Gasteiger partial charge is 0.237 e. The molecular formula is C13H25N3O. The normalized spacial score (nSPS) is 26.0. The molecule has 4 nitrogen and oxygen atoms in total. The Kier molecular flexibility index (Phi) is 4.40. The van der Waals surface area contributed by atoms with Gasteiger partial charge in [-0.1, -0.05) is 12.8 Å². The lowest BCUT2D eigenvalue weighted by Crippen LogP contribution is -2.51. The summed E-state index contributed by atoms with van der Waals surface area (Å²) in [6.07, 6.45) is 6.87. The van der Waals surface area contributed by atoms with Crippen molar-refractivity contribution in [3.05, 3.63) is 0 Å². The van der Waals surface area contributed by atoms with Crippen LogP contribution in [0.25, 0.3) is 0 Å². The molecule has 0 aromatic heterocycles. The second-order valence-corrected chi connectivity index (χ2v) is 5.54. The number of rotatable bonds is 3. The summed E-state index contributed by atoms with van der Waals surface area (Å²) in [5.74, 6) is 0.201. The van der Waals surface area contributed by atoms with Crippen molar-refractivity contribution in [2.45, 2.75) is 63.6 Å². The van der Waals surface area contributed by atoms with Crippen molar-refractivity contribution in [1.82, 2.24) is 10.2 Å². The summed E-state index contributed by atoms with van der Waals surface area (Å²) in [6.45, 7) is 3.93. The quantitative estimate of drug-likeness (QED) is 0.768. The first-order chi connectivity index (χ1) is 8.16. The van der Waals surface area contributed by atoms with Gasteiger partial charge >= 0.3 is 0 Å². The lowest BCUT2D eigenvalue weighted by molar-refractivity contribution is -0.127. The van der Waals surface area contributed by atoms with Gasteiger partial charge in [-0.2, -0.15) is 0 Å². The van der Waals surface area contributed by atoms with Crippen LogP contribution in [-0.4, -0.2) is 42.0 Å². The largest absolute Gasteiger partial charge is 0.352 e. The monoisotopic (exact) mass is 239 g/mol. The molecule has 1 heterocycles. The summed E-state index contributed by atoms with van der Waals surface area (Å²) in [6, 6.07) is 0.761. The van der Waals surface area contributed by atoms with Gasteiger partial charge in [0, 0.05) is 25.2 Å². The van der Waals surface area contributed by atoms with Gasteiger partial charge in [-0.3, -0.25) is 9.69 Å². The minimum atomic E-state index is 0.00287. The second-order valence-electron chi connectivity index (χ2n) is 5.54. The standard InChI is InChI=1S/C13H25N3O/c1-10(16-8-6-11(14)7-9-16)13(17)15-12-4-2-3-5-12/h10-12H,2-9,14H2,1H3,(H,15,17). The maximum atomic E-state index is 12.1. The number of hydrogen-bond donors (Lipinski definition) is 2. The van der Waals surface area contributed by atoms with Crippen molar-refractivity contribution in [2.75, 3.05) is 13.1 Å². The van der Waals surface area contributed by atoms with Crippen molar-refractivity contribution in [3.8, 4) is 0 Å². The molecule has 1 unspecified atom stereocenters. The molecule has 2 fully saturated rings. The molecule has 2 rings (SSSR count). The van der Waals surface area contributed by atoms with Crippen molar-refractivity contribution in [2.24, 2.45) is 5.73 Å². The summed E-state index contributed by atoms with van der Waals surface area (Å²) >= 11 is 0. The minimum absolute atomic E-state index is 0.00287. The van der Waals surface area contributed by atoms with E-state index in [0.29, 0.717) is 12.1 Å². The lowest BCUT2D eigenvalue weighted by atomic mass is 10.0. The predicted molar refractivity (Wildman–Crippen MR) is 68.6 cm³/mol. The SMILES string of the molecule is CC(C(=O)NC1CCCC1)N1CCC(N)CC1. The van der Waals surface area contributed by atoms with Crippen molar-refractivity contribution in [1.29, 1.82) is 0 Å². The number of carbonyl (C=O) groups is 1. The van der Waals surface area contributed by atoms with Crippen LogP contribution >= 0.6 is 0 Å². The van der Waals surface area contributed by atoms with Gasteiger partial charge < -0.3 is 11.1 Å². The third-order valence-corrected chi connectivity index (χ3v) is 4.20. The third kappa shape index (κ3) is 3.42. The van der Waals surface area contributed by atoms with E-state index in [4.69, 9.17) is 5.73 Å². The van der Waals surface area contributed by atoms with E-state index >= 15 is 0 Å². The highest BCUT2D eigenvalue weighted by molar-refractivity contribution is 5.81. The van der Waals surface area contributed by atoms with Crippen LogP contribution in [0.4, 0.5) is 0 Å². The Morgan fingerprint density at radius 1 is 1.24 bits per heavy atom. The number of nitrogens with two attached hydrogens (primary N) is 1. The zero-order valence-corrected chi connectivity index (χ0v) is 10.8. The van der Waals surface area contributed by atoms with E-state index in [1.165, 1.54) is 12.8 Å². The summed E-state index contributed by atoms with van der Waals surface area (Å²) in [5, 5.41) is 3.18. The van der Waals surface area contributed by atoms with Crippen molar-refractivity contribution < 1.29 is 4.79 Å². The minimum Gasteiger partial charge on any atom is -0.352 e. The molecule has 98 valence electrons. The number of carbonyl (C=O) groups excluding carboxylic acids is 1. The molecule has 1 atom stereocenters. The van der Waals surface area contributed by atoms with Gasteiger partial charge in [-0.05, 0) is 32.6 Å². The Morgan fingerprint density at radius 3 is 2.41 bits per heavy atom. The molecule has 2 aliphatic rings. The molecule has 0 spiro atoms. The van der Waals surface area contributed by atoms with Crippen LogP contribution in [-0.2, 0) is 4.79 Å². The Hall–Kier alpha value is -0.610. The number of amides is 1. The summed E-state index contributed by atoms with van der Waals surface area (Å²) < 4.78 is 0. The number of nitrogens with zero attached hydrogens (tertiary/aromatic N) is 1. The van der Waals surface area contributed by atoms with E-state index in [2.05, 4.69) is 10.2 Å². The van der Waals surface area contributed by atoms with Crippen molar-refractivity contribution >= 4 is 5.91 Å². The molecule has 0 radical (unpaired) electrons. The van der Waals surface area contributed by atoms with Gasteiger partial charge in [0.1, 0.15) is 0 Å². The summed E-state index contributed by atoms with van der Waals surface area (Å²) in [5.41, 5.74) is 5.88. The van der Waals surface area contributed by atoms with E-state index in [9.17, 15) is 4.79 Å². The van der Waals surface area contributed by atoms with Gasteiger partial charge in [-0.15, -0.1) is 0 Å². The van der Waals surface area contributed by atoms with E-state index in [0.717, 1.165) is 38.8 Å². The van der Waals surface area contributed by atoms with E-state index in [-0.39, 0.29) is 11.9 Å². The summed E-state index contributed by atoms with van der Waals surface area (Å²) in [7, 11) is 0. The molecular weight excluding hydrogens is 214 g/mol. The van der Waals surface area contributed by atoms with Gasteiger partial charge in [0.15, 0.2) is 0 Å². The first-order valence-electron chi connectivity index (χ1n) is 6.97. The number of hydrogen-bond acceptors (Lipinski definition) is 3. The Balaban J connectivity index is 1.77. The van der Waals surface area contributed by atoms with Gasteiger partial charge in [0.2, 0.25) is 5.91 Å². The molecule has 0 aromatic carbocycles. The zero-order valence-electron chi connectivity index (χ0n) is 10.8. The Labute approximate surface area is 104 Å². The molecule has 1 aliphatic carbocycles. The first-order valence-corrected chi connectivity index (χ1v) is 6.97. The van der Waals surface area contributed by atoms with Crippen LogP contribution in [0.3, 0.4) is 0 Å². The van der Waals surface area contributed by atoms with Crippen molar-refractivity contribution in [3.63, 3.8) is 0 Å². The zero-order chi connectivity index (χ0) is 12.3. The maximum absolute atomic E-state index is 12.1. The van der Waals surface area contributed by atoms with Crippen LogP contribution in [0, 0.1) is 0 Å². The molecule has 1 aliphatic heterocycles. The highest BCUT2D eigenvalue weighted by Crippen LogP contribution is 2.18. The fraction of sp³-hybridized carbons (Fsp3) is 0.923. The fourth-order valence-electron chi connectivity index (χ4n) is 2.86. The average molecular weight is 239 g/mol.